The van der Waals surface area contributed by atoms with E-state index in [4.69, 9.17) is 4.74 Å². The van der Waals surface area contributed by atoms with E-state index < -0.39 is 18.0 Å². The van der Waals surface area contributed by atoms with Crippen molar-refractivity contribution in [2.75, 3.05) is 7.11 Å². The zero-order valence-corrected chi connectivity index (χ0v) is 15.3. The van der Waals surface area contributed by atoms with Gasteiger partial charge in [-0.15, -0.1) is 0 Å². The third-order valence-electron chi connectivity index (χ3n) is 4.05. The van der Waals surface area contributed by atoms with Crippen LogP contribution in [0.4, 0.5) is 13.2 Å². The van der Waals surface area contributed by atoms with Gasteiger partial charge < -0.3 is 9.47 Å². The topological polar surface area (TPSA) is 91.5 Å². The van der Waals surface area contributed by atoms with E-state index in [1.54, 1.807) is 41.2 Å². The number of fused-ring (bicyclic) bond motifs is 1. The predicted octanol–water partition coefficient (Wildman–Crippen LogP) is 3.33. The standard InChI is InChI=1S/C19H12F3N5O3/c1-29-12-8-13(16(25-9-12)30-17(28)19(20,21)22)11-3-5-23-14(7-11)15-10-27-6-2-4-24-18(27)26-15/h2-10H,1H3. The molecule has 4 heterocycles. The largest absolute Gasteiger partial charge is 0.495 e. The molecule has 0 bridgehead atoms. The summed E-state index contributed by atoms with van der Waals surface area (Å²) in [5.74, 6) is -2.15. The van der Waals surface area contributed by atoms with Crippen LogP contribution in [0.15, 0.2) is 55.2 Å². The lowest BCUT2D eigenvalue weighted by molar-refractivity contribution is -0.189. The summed E-state index contributed by atoms with van der Waals surface area (Å²) in [6.45, 7) is 0. The highest BCUT2D eigenvalue weighted by Gasteiger charge is 2.42. The van der Waals surface area contributed by atoms with Crippen LogP contribution in [0.25, 0.3) is 28.3 Å². The van der Waals surface area contributed by atoms with Crippen LogP contribution in [0.3, 0.4) is 0 Å². The average Bonchev–Trinajstić information content (AvgIpc) is 3.18. The van der Waals surface area contributed by atoms with Crippen LogP contribution in [0, 0.1) is 0 Å². The lowest BCUT2D eigenvalue weighted by Gasteiger charge is -2.12. The molecule has 0 spiro atoms. The van der Waals surface area contributed by atoms with Crippen LogP contribution in [0.2, 0.25) is 0 Å². The zero-order valence-electron chi connectivity index (χ0n) is 15.3. The molecule has 0 fully saturated rings. The molecule has 0 aliphatic rings. The Bertz CT molecular complexity index is 1210. The van der Waals surface area contributed by atoms with Crippen LogP contribution in [0.5, 0.6) is 11.6 Å². The highest BCUT2D eigenvalue weighted by molar-refractivity contribution is 5.81. The van der Waals surface area contributed by atoms with Crippen molar-refractivity contribution in [1.82, 2.24) is 24.3 Å². The Labute approximate surface area is 167 Å². The van der Waals surface area contributed by atoms with Gasteiger partial charge in [-0.05, 0) is 29.8 Å². The van der Waals surface area contributed by atoms with Crippen molar-refractivity contribution >= 4 is 11.7 Å². The monoisotopic (exact) mass is 415 g/mol. The van der Waals surface area contributed by atoms with Gasteiger partial charge in [0.2, 0.25) is 11.7 Å². The maximum Gasteiger partial charge on any atom is 0.491 e. The minimum Gasteiger partial charge on any atom is -0.495 e. The van der Waals surface area contributed by atoms with Gasteiger partial charge in [-0.2, -0.15) is 13.2 Å². The SMILES string of the molecule is COc1cnc(OC(=O)C(F)(F)F)c(-c2ccnc(-c3cn4cccnc4n3)c2)c1. The third kappa shape index (κ3) is 3.77. The maximum absolute atomic E-state index is 12.6. The van der Waals surface area contributed by atoms with Gasteiger partial charge in [-0.25, -0.2) is 19.7 Å². The van der Waals surface area contributed by atoms with Gasteiger partial charge in [0.1, 0.15) is 11.4 Å². The minimum absolute atomic E-state index is 0.123. The number of nitrogens with zero attached hydrogens (tertiary/aromatic N) is 5. The van der Waals surface area contributed by atoms with Crippen molar-refractivity contribution in [3.05, 3.63) is 55.2 Å². The van der Waals surface area contributed by atoms with Crippen molar-refractivity contribution in [3.63, 3.8) is 0 Å². The maximum atomic E-state index is 12.6. The molecule has 0 N–H and O–H groups in total. The third-order valence-corrected chi connectivity index (χ3v) is 4.05. The highest BCUT2D eigenvalue weighted by atomic mass is 19.4. The summed E-state index contributed by atoms with van der Waals surface area (Å²) in [6.07, 6.45) is 2.52. The van der Waals surface area contributed by atoms with E-state index in [1.165, 1.54) is 19.4 Å². The number of imidazole rings is 1. The molecule has 0 radical (unpaired) electrons. The normalized spacial score (nSPS) is 11.5. The molecule has 0 unspecified atom stereocenters. The van der Waals surface area contributed by atoms with E-state index in [1.807, 2.05) is 0 Å². The second-order valence-corrected chi connectivity index (χ2v) is 6.00. The molecule has 30 heavy (non-hydrogen) atoms. The molecule has 0 atom stereocenters. The molecule has 0 aliphatic carbocycles. The van der Waals surface area contributed by atoms with E-state index in [9.17, 15) is 18.0 Å². The number of hydrogen-bond acceptors (Lipinski definition) is 7. The molecule has 152 valence electrons. The Morgan fingerprint density at radius 2 is 1.93 bits per heavy atom. The Balaban J connectivity index is 1.78. The quantitative estimate of drug-likeness (QED) is 0.472. The molecule has 4 rings (SSSR count). The van der Waals surface area contributed by atoms with Crippen molar-refractivity contribution in [2.45, 2.75) is 6.18 Å². The lowest BCUT2D eigenvalue weighted by atomic mass is 10.1. The molecular weight excluding hydrogens is 403 g/mol. The van der Waals surface area contributed by atoms with Crippen LogP contribution >= 0.6 is 0 Å². The van der Waals surface area contributed by atoms with Gasteiger partial charge >= 0.3 is 12.1 Å². The number of carbonyl (C=O) groups excluding carboxylic acids is 1. The Morgan fingerprint density at radius 3 is 2.67 bits per heavy atom. The molecule has 0 amide bonds. The van der Waals surface area contributed by atoms with Gasteiger partial charge in [0.05, 0.1) is 19.0 Å². The van der Waals surface area contributed by atoms with Gasteiger partial charge in [0.15, 0.2) is 0 Å². The van der Waals surface area contributed by atoms with Gasteiger partial charge in [-0.3, -0.25) is 9.38 Å². The van der Waals surface area contributed by atoms with Crippen molar-refractivity contribution in [2.24, 2.45) is 0 Å². The summed E-state index contributed by atoms with van der Waals surface area (Å²) in [4.78, 5) is 27.9. The summed E-state index contributed by atoms with van der Waals surface area (Å²) in [7, 11) is 1.38. The minimum atomic E-state index is -5.16. The fraction of sp³-hybridized carbons (Fsp3) is 0.105. The Kier molecular flexibility index (Phi) is 4.78. The molecular formula is C19H12F3N5O3. The first-order valence-corrected chi connectivity index (χ1v) is 8.45. The zero-order chi connectivity index (χ0) is 21.3. The van der Waals surface area contributed by atoms with E-state index in [-0.39, 0.29) is 11.3 Å². The summed E-state index contributed by atoms with van der Waals surface area (Å²) < 4.78 is 49.2. The second kappa shape index (κ2) is 7.43. The van der Waals surface area contributed by atoms with Gasteiger partial charge in [0, 0.05) is 30.4 Å². The van der Waals surface area contributed by atoms with E-state index in [0.717, 1.165) is 6.20 Å². The fourth-order valence-electron chi connectivity index (χ4n) is 2.67. The molecule has 0 saturated carbocycles. The smallest absolute Gasteiger partial charge is 0.491 e. The average molecular weight is 415 g/mol. The van der Waals surface area contributed by atoms with Crippen LogP contribution < -0.4 is 9.47 Å². The van der Waals surface area contributed by atoms with E-state index in [2.05, 4.69) is 24.7 Å². The van der Waals surface area contributed by atoms with Crippen molar-refractivity contribution < 1.29 is 27.4 Å². The predicted molar refractivity (Wildman–Crippen MR) is 97.7 cm³/mol. The van der Waals surface area contributed by atoms with Crippen LogP contribution in [-0.2, 0) is 4.79 Å². The first-order chi connectivity index (χ1) is 14.3. The molecule has 8 nitrogen and oxygen atoms in total. The van der Waals surface area contributed by atoms with Crippen molar-refractivity contribution in [1.29, 1.82) is 0 Å². The number of rotatable bonds is 4. The van der Waals surface area contributed by atoms with Gasteiger partial charge in [-0.1, -0.05) is 0 Å². The molecule has 0 aliphatic heterocycles. The van der Waals surface area contributed by atoms with Crippen LogP contribution in [-0.4, -0.2) is 43.6 Å². The second-order valence-electron chi connectivity index (χ2n) is 6.00. The summed E-state index contributed by atoms with van der Waals surface area (Å²) in [5.41, 5.74) is 1.47. The number of ether oxygens (including phenoxy) is 2. The number of halogens is 3. The molecule has 4 aromatic rings. The highest BCUT2D eigenvalue weighted by Crippen LogP contribution is 2.34. The van der Waals surface area contributed by atoms with E-state index >= 15 is 0 Å². The molecule has 11 heteroatoms. The van der Waals surface area contributed by atoms with Crippen LogP contribution in [0.1, 0.15) is 0 Å². The Morgan fingerprint density at radius 1 is 1.10 bits per heavy atom. The van der Waals surface area contributed by atoms with Gasteiger partial charge in [0.25, 0.3) is 0 Å². The number of esters is 1. The fourth-order valence-corrected chi connectivity index (χ4v) is 2.67. The number of pyridine rings is 2. The number of alkyl halides is 3. The Hall–Kier alpha value is -4.02. The number of hydrogen-bond donors (Lipinski definition) is 0. The molecule has 0 saturated heterocycles. The molecule has 0 aromatic carbocycles. The lowest BCUT2D eigenvalue weighted by Crippen LogP contribution is -2.28. The van der Waals surface area contributed by atoms with E-state index in [0.29, 0.717) is 22.7 Å². The summed E-state index contributed by atoms with van der Waals surface area (Å²) in [5, 5.41) is 0. The summed E-state index contributed by atoms with van der Waals surface area (Å²) >= 11 is 0. The van der Waals surface area contributed by atoms with Crippen molar-refractivity contribution in [3.8, 4) is 34.1 Å². The molecule has 4 aromatic heterocycles. The number of aromatic nitrogens is 5. The number of carbonyl (C=O) groups is 1. The first-order valence-electron chi connectivity index (χ1n) is 8.45. The number of methoxy groups -OCH3 is 1. The first kappa shape index (κ1) is 19.3. The summed E-state index contributed by atoms with van der Waals surface area (Å²) in [6, 6.07) is 6.28.